The van der Waals surface area contributed by atoms with Crippen molar-refractivity contribution in [2.45, 2.75) is 41.5 Å². The van der Waals surface area contributed by atoms with Crippen LogP contribution in [0.5, 0.6) is 0 Å². The van der Waals surface area contributed by atoms with Crippen molar-refractivity contribution >= 4 is 32.5 Å². The number of sulfonamides is 2. The molecule has 2 aliphatic heterocycles. The number of hydrogen-bond donors (Lipinski definition) is 2. The molecule has 25 heavy (non-hydrogen) atoms. The van der Waals surface area contributed by atoms with Gasteiger partial charge in [-0.15, -0.1) is 12.4 Å². The maximum Gasteiger partial charge on any atom is 0.243 e. The first-order valence-electron chi connectivity index (χ1n) is 8.23. The second kappa shape index (κ2) is 8.32. The van der Waals surface area contributed by atoms with Crippen LogP contribution >= 0.6 is 12.4 Å². The normalized spacial score (nSPS) is 20.3. The van der Waals surface area contributed by atoms with Gasteiger partial charge in [0.05, 0.1) is 9.79 Å². The number of halogens is 1. The average Bonchev–Trinajstić information content (AvgIpc) is 3.11. The van der Waals surface area contributed by atoms with Gasteiger partial charge in [0, 0.05) is 19.1 Å². The Morgan fingerprint density at radius 2 is 1.60 bits per heavy atom. The maximum absolute atomic E-state index is 12.6. The van der Waals surface area contributed by atoms with Crippen LogP contribution in [0, 0.1) is 0 Å². The minimum atomic E-state index is -3.73. The van der Waals surface area contributed by atoms with Gasteiger partial charge in [0.15, 0.2) is 0 Å². The molecule has 1 aromatic rings. The third-order valence-electron chi connectivity index (χ3n) is 4.48. The van der Waals surface area contributed by atoms with Gasteiger partial charge in [-0.05, 0) is 57.0 Å². The molecule has 0 aromatic heterocycles. The van der Waals surface area contributed by atoms with Crippen molar-refractivity contribution in [3.63, 3.8) is 0 Å². The van der Waals surface area contributed by atoms with E-state index in [-0.39, 0.29) is 28.2 Å². The Morgan fingerprint density at radius 1 is 1.00 bits per heavy atom. The molecule has 0 aliphatic carbocycles. The van der Waals surface area contributed by atoms with E-state index in [0.29, 0.717) is 13.1 Å². The first-order chi connectivity index (χ1) is 11.4. The molecule has 0 unspecified atom stereocenters. The zero-order chi connectivity index (χ0) is 17.2. The highest BCUT2D eigenvalue weighted by molar-refractivity contribution is 7.90. The molecule has 0 radical (unpaired) electrons. The molecule has 7 nitrogen and oxygen atoms in total. The number of benzene rings is 1. The molecular weight excluding hydrogens is 386 g/mol. The van der Waals surface area contributed by atoms with E-state index in [0.717, 1.165) is 38.8 Å². The van der Waals surface area contributed by atoms with E-state index in [2.05, 4.69) is 10.0 Å². The molecule has 1 aromatic carbocycles. The predicted octanol–water partition coefficient (Wildman–Crippen LogP) is 0.923. The highest BCUT2D eigenvalue weighted by atomic mass is 35.5. The second-order valence-electron chi connectivity index (χ2n) is 6.23. The summed E-state index contributed by atoms with van der Waals surface area (Å²) < 4.78 is 54.4. The monoisotopic (exact) mass is 409 g/mol. The molecule has 0 amide bonds. The van der Waals surface area contributed by atoms with E-state index >= 15 is 0 Å². The topological polar surface area (TPSA) is 95.6 Å². The molecule has 10 heteroatoms. The van der Waals surface area contributed by atoms with E-state index in [1.807, 2.05) is 0 Å². The van der Waals surface area contributed by atoms with Crippen molar-refractivity contribution in [2.75, 3.05) is 26.2 Å². The van der Waals surface area contributed by atoms with Gasteiger partial charge in [0.25, 0.3) is 0 Å². The lowest BCUT2D eigenvalue weighted by Gasteiger charge is -2.23. The molecule has 0 atom stereocenters. The van der Waals surface area contributed by atoms with E-state index in [4.69, 9.17) is 0 Å². The number of nitrogens with one attached hydrogen (secondary N) is 2. The van der Waals surface area contributed by atoms with Crippen molar-refractivity contribution in [2.24, 2.45) is 0 Å². The lowest BCUT2D eigenvalue weighted by Crippen LogP contribution is -2.42. The van der Waals surface area contributed by atoms with Gasteiger partial charge in [0.1, 0.15) is 0 Å². The molecule has 2 aliphatic rings. The minimum Gasteiger partial charge on any atom is -0.317 e. The molecule has 0 spiro atoms. The zero-order valence-corrected chi connectivity index (χ0v) is 16.3. The summed E-state index contributed by atoms with van der Waals surface area (Å²) in [6, 6.07) is 5.52. The van der Waals surface area contributed by atoms with E-state index in [1.165, 1.54) is 28.6 Å². The van der Waals surface area contributed by atoms with E-state index in [9.17, 15) is 16.8 Å². The molecule has 0 saturated carbocycles. The summed E-state index contributed by atoms with van der Waals surface area (Å²) in [6.07, 6.45) is 3.14. The number of rotatable bonds is 5. The van der Waals surface area contributed by atoms with Crippen molar-refractivity contribution in [1.82, 2.24) is 14.3 Å². The predicted molar refractivity (Wildman–Crippen MR) is 97.9 cm³/mol. The summed E-state index contributed by atoms with van der Waals surface area (Å²) in [5.41, 5.74) is 0. The van der Waals surface area contributed by atoms with Crippen LogP contribution in [0.3, 0.4) is 0 Å². The van der Waals surface area contributed by atoms with Crippen LogP contribution in [-0.4, -0.2) is 53.4 Å². The van der Waals surface area contributed by atoms with Gasteiger partial charge >= 0.3 is 0 Å². The highest BCUT2D eigenvalue weighted by Crippen LogP contribution is 2.23. The van der Waals surface area contributed by atoms with Gasteiger partial charge in [-0.25, -0.2) is 21.6 Å². The fourth-order valence-corrected chi connectivity index (χ4v) is 6.10. The summed E-state index contributed by atoms with van der Waals surface area (Å²) in [5, 5.41) is 3.18. The Bertz CT molecular complexity index is 787. The molecule has 142 valence electrons. The standard InChI is InChI=1S/C15H23N3O4S2.ClH/c19-23(20,17-13-6-8-16-9-7-13)14-4-3-5-15(12-14)24(21,22)18-10-1-2-11-18;/h3-5,12-13,16-17H,1-2,6-11H2;1H. The van der Waals surface area contributed by atoms with Crippen molar-refractivity contribution in [1.29, 1.82) is 0 Å². The van der Waals surface area contributed by atoms with Crippen molar-refractivity contribution in [3.8, 4) is 0 Å². The van der Waals surface area contributed by atoms with E-state index in [1.54, 1.807) is 0 Å². The van der Waals surface area contributed by atoms with Crippen molar-refractivity contribution in [3.05, 3.63) is 24.3 Å². The number of hydrogen-bond acceptors (Lipinski definition) is 5. The third-order valence-corrected chi connectivity index (χ3v) is 7.89. The van der Waals surface area contributed by atoms with Crippen LogP contribution in [-0.2, 0) is 20.0 Å². The summed E-state index contributed by atoms with van der Waals surface area (Å²) in [7, 11) is -7.35. The molecule has 2 heterocycles. The summed E-state index contributed by atoms with van der Waals surface area (Å²) in [6.45, 7) is 2.53. The third kappa shape index (κ3) is 4.72. The zero-order valence-electron chi connectivity index (χ0n) is 13.8. The summed E-state index contributed by atoms with van der Waals surface area (Å²) in [4.78, 5) is 0.0406. The Kier molecular flexibility index (Phi) is 6.86. The lowest BCUT2D eigenvalue weighted by molar-refractivity contribution is 0.427. The molecule has 0 bridgehead atoms. The summed E-state index contributed by atoms with van der Waals surface area (Å²) >= 11 is 0. The largest absolute Gasteiger partial charge is 0.317 e. The van der Waals surface area contributed by atoms with Crippen LogP contribution < -0.4 is 10.0 Å². The molecule has 2 fully saturated rings. The van der Waals surface area contributed by atoms with Crippen LogP contribution in [0.1, 0.15) is 25.7 Å². The van der Waals surface area contributed by atoms with Gasteiger partial charge in [-0.1, -0.05) is 6.07 Å². The minimum absolute atomic E-state index is 0. The van der Waals surface area contributed by atoms with Gasteiger partial charge in [-0.3, -0.25) is 0 Å². The number of nitrogens with zero attached hydrogens (tertiary/aromatic N) is 1. The summed E-state index contributed by atoms with van der Waals surface area (Å²) in [5.74, 6) is 0. The van der Waals surface area contributed by atoms with Crippen molar-refractivity contribution < 1.29 is 16.8 Å². The number of piperidine rings is 1. The Labute approximate surface area is 155 Å². The highest BCUT2D eigenvalue weighted by Gasteiger charge is 2.29. The van der Waals surface area contributed by atoms with Gasteiger partial charge < -0.3 is 5.32 Å². The van der Waals surface area contributed by atoms with E-state index < -0.39 is 20.0 Å². The quantitative estimate of drug-likeness (QED) is 0.754. The molecule has 2 saturated heterocycles. The Balaban J connectivity index is 0.00000225. The smallest absolute Gasteiger partial charge is 0.243 e. The van der Waals surface area contributed by atoms with Crippen LogP contribution in [0.2, 0.25) is 0 Å². The fourth-order valence-electron chi connectivity index (χ4n) is 3.11. The van der Waals surface area contributed by atoms with Crippen LogP contribution in [0.15, 0.2) is 34.1 Å². The Hall–Kier alpha value is -0.710. The van der Waals surface area contributed by atoms with Crippen LogP contribution in [0.25, 0.3) is 0 Å². The Morgan fingerprint density at radius 3 is 2.24 bits per heavy atom. The molecule has 3 rings (SSSR count). The fraction of sp³-hybridized carbons (Fsp3) is 0.600. The lowest BCUT2D eigenvalue weighted by atomic mass is 10.1. The maximum atomic E-state index is 12.6. The molecule has 2 N–H and O–H groups in total. The molecular formula is C15H24ClN3O4S2. The van der Waals surface area contributed by atoms with Crippen LogP contribution in [0.4, 0.5) is 0 Å². The van der Waals surface area contributed by atoms with Gasteiger partial charge in [-0.2, -0.15) is 4.31 Å². The first kappa shape index (κ1) is 20.6. The first-order valence-corrected chi connectivity index (χ1v) is 11.2. The SMILES string of the molecule is Cl.O=S(=O)(NC1CCNCC1)c1cccc(S(=O)(=O)N2CCCC2)c1. The second-order valence-corrected chi connectivity index (χ2v) is 9.88. The van der Waals surface area contributed by atoms with Gasteiger partial charge in [0.2, 0.25) is 20.0 Å². The average molecular weight is 410 g/mol.